The fourth-order valence-electron chi connectivity index (χ4n) is 4.26. The maximum absolute atomic E-state index is 12.8. The SMILES string of the molecule is CC(=O)Nc1cccc(NC(=O)CSc2nc(=O)n(CC3CCCO3)c3c2CCCC3)c1. The van der Waals surface area contributed by atoms with Crippen molar-refractivity contribution < 1.29 is 14.3 Å². The maximum atomic E-state index is 12.8. The molecule has 2 aromatic rings. The molecule has 0 spiro atoms. The summed E-state index contributed by atoms with van der Waals surface area (Å²) in [5, 5.41) is 6.20. The van der Waals surface area contributed by atoms with E-state index in [2.05, 4.69) is 15.6 Å². The van der Waals surface area contributed by atoms with Gasteiger partial charge in [-0.25, -0.2) is 4.79 Å². The molecular formula is C23H28N4O4S. The van der Waals surface area contributed by atoms with Gasteiger partial charge >= 0.3 is 5.69 Å². The minimum atomic E-state index is -0.257. The Kier molecular flexibility index (Phi) is 7.26. The summed E-state index contributed by atoms with van der Waals surface area (Å²) in [6.45, 7) is 2.75. The monoisotopic (exact) mass is 456 g/mol. The molecule has 2 N–H and O–H groups in total. The molecule has 1 saturated heterocycles. The lowest BCUT2D eigenvalue weighted by atomic mass is 9.97. The summed E-state index contributed by atoms with van der Waals surface area (Å²) >= 11 is 1.31. The second kappa shape index (κ2) is 10.3. The highest BCUT2D eigenvalue weighted by Gasteiger charge is 2.24. The van der Waals surface area contributed by atoms with Crippen molar-refractivity contribution in [2.75, 3.05) is 23.0 Å². The van der Waals surface area contributed by atoms with E-state index >= 15 is 0 Å². The molecule has 1 aliphatic carbocycles. The van der Waals surface area contributed by atoms with Gasteiger partial charge in [-0.05, 0) is 56.7 Å². The molecule has 2 amide bonds. The smallest absolute Gasteiger partial charge is 0.348 e. The van der Waals surface area contributed by atoms with Crippen LogP contribution in [0.1, 0.15) is 43.9 Å². The number of thioether (sulfide) groups is 1. The lowest BCUT2D eigenvalue weighted by Crippen LogP contribution is -2.34. The van der Waals surface area contributed by atoms with Crippen LogP contribution in [0.5, 0.6) is 0 Å². The van der Waals surface area contributed by atoms with Crippen molar-refractivity contribution in [2.24, 2.45) is 0 Å². The summed E-state index contributed by atoms with van der Waals surface area (Å²) < 4.78 is 7.52. The van der Waals surface area contributed by atoms with Crippen molar-refractivity contribution in [3.63, 3.8) is 0 Å². The first kappa shape index (κ1) is 22.5. The molecule has 0 saturated carbocycles. The molecule has 4 rings (SSSR count). The highest BCUT2D eigenvalue weighted by molar-refractivity contribution is 8.00. The summed E-state index contributed by atoms with van der Waals surface area (Å²) in [6, 6.07) is 6.99. The second-order valence-corrected chi connectivity index (χ2v) is 9.14. The second-order valence-electron chi connectivity index (χ2n) is 8.18. The maximum Gasteiger partial charge on any atom is 0.348 e. The number of carbonyl (C=O) groups excluding carboxylic acids is 2. The number of amides is 2. The Morgan fingerprint density at radius 1 is 1.19 bits per heavy atom. The number of anilines is 2. The van der Waals surface area contributed by atoms with Crippen LogP contribution in [0.25, 0.3) is 0 Å². The molecule has 8 nitrogen and oxygen atoms in total. The van der Waals surface area contributed by atoms with Crippen molar-refractivity contribution in [3.8, 4) is 0 Å². The van der Waals surface area contributed by atoms with Crippen LogP contribution < -0.4 is 16.3 Å². The predicted octanol–water partition coefficient (Wildman–Crippen LogP) is 2.99. The number of carbonyl (C=O) groups is 2. The Morgan fingerprint density at radius 3 is 2.72 bits per heavy atom. The third kappa shape index (κ3) is 5.58. The normalized spacial score (nSPS) is 17.6. The average Bonchev–Trinajstić information content (AvgIpc) is 3.27. The number of nitrogens with one attached hydrogen (secondary N) is 2. The lowest BCUT2D eigenvalue weighted by Gasteiger charge is -2.24. The van der Waals surface area contributed by atoms with Crippen LogP contribution in [0, 0.1) is 0 Å². The predicted molar refractivity (Wildman–Crippen MR) is 124 cm³/mol. The Bertz CT molecular complexity index is 1060. The Morgan fingerprint density at radius 2 is 1.97 bits per heavy atom. The third-order valence-corrected chi connectivity index (χ3v) is 6.69. The zero-order valence-corrected chi connectivity index (χ0v) is 19.0. The van der Waals surface area contributed by atoms with Crippen molar-refractivity contribution in [1.82, 2.24) is 9.55 Å². The van der Waals surface area contributed by atoms with E-state index in [4.69, 9.17) is 4.74 Å². The standard InChI is InChI=1S/C23H28N4O4S/c1-15(28)24-16-6-4-7-17(12-16)25-21(29)14-32-22-19-9-2-3-10-20(19)27(23(30)26-22)13-18-8-5-11-31-18/h4,6-7,12,18H,2-3,5,8-11,13-14H2,1H3,(H,24,28)(H,25,29). The number of hydrogen-bond donors (Lipinski definition) is 2. The molecule has 2 aliphatic rings. The molecule has 0 radical (unpaired) electrons. The summed E-state index contributed by atoms with van der Waals surface area (Å²) in [4.78, 5) is 40.9. The zero-order valence-electron chi connectivity index (χ0n) is 18.2. The van der Waals surface area contributed by atoms with Gasteiger partial charge in [0.25, 0.3) is 0 Å². The number of nitrogens with zero attached hydrogens (tertiary/aromatic N) is 2. The van der Waals surface area contributed by atoms with E-state index in [9.17, 15) is 14.4 Å². The van der Waals surface area contributed by atoms with Gasteiger partial charge < -0.3 is 15.4 Å². The van der Waals surface area contributed by atoms with E-state index in [1.54, 1.807) is 28.8 Å². The lowest BCUT2D eigenvalue weighted by molar-refractivity contribution is -0.114. The van der Waals surface area contributed by atoms with Crippen LogP contribution in [0.4, 0.5) is 11.4 Å². The number of ether oxygens (including phenoxy) is 1. The van der Waals surface area contributed by atoms with E-state index < -0.39 is 0 Å². The Hall–Kier alpha value is -2.65. The molecular weight excluding hydrogens is 428 g/mol. The van der Waals surface area contributed by atoms with Gasteiger partial charge in [0.2, 0.25) is 11.8 Å². The van der Waals surface area contributed by atoms with Crippen LogP contribution >= 0.6 is 11.8 Å². The van der Waals surface area contributed by atoms with Crippen molar-refractivity contribution in [2.45, 2.75) is 63.1 Å². The number of benzene rings is 1. The van der Waals surface area contributed by atoms with Gasteiger partial charge in [-0.1, -0.05) is 17.8 Å². The molecule has 1 aromatic carbocycles. The summed E-state index contributed by atoms with van der Waals surface area (Å²) in [5.74, 6) is -0.210. The summed E-state index contributed by atoms with van der Waals surface area (Å²) in [5.41, 5.74) is 3.11. The van der Waals surface area contributed by atoms with Crippen LogP contribution in [0.3, 0.4) is 0 Å². The van der Waals surface area contributed by atoms with Gasteiger partial charge in [-0.15, -0.1) is 0 Å². The van der Waals surface area contributed by atoms with Gasteiger partial charge in [0, 0.05) is 36.2 Å². The minimum absolute atomic E-state index is 0.0815. The van der Waals surface area contributed by atoms with E-state index in [0.717, 1.165) is 56.4 Å². The highest BCUT2D eigenvalue weighted by atomic mass is 32.2. The molecule has 0 bridgehead atoms. The van der Waals surface area contributed by atoms with E-state index in [1.165, 1.54) is 18.7 Å². The molecule has 32 heavy (non-hydrogen) atoms. The van der Waals surface area contributed by atoms with E-state index in [-0.39, 0.29) is 29.4 Å². The summed E-state index contributed by atoms with van der Waals surface area (Å²) in [6.07, 6.45) is 5.93. The quantitative estimate of drug-likeness (QED) is 0.491. The zero-order chi connectivity index (χ0) is 22.5. The van der Waals surface area contributed by atoms with Crippen molar-refractivity contribution in [1.29, 1.82) is 0 Å². The fourth-order valence-corrected chi connectivity index (χ4v) is 5.13. The van der Waals surface area contributed by atoms with Crippen LogP contribution in [0.15, 0.2) is 34.1 Å². The Balaban J connectivity index is 1.45. The molecule has 1 aliphatic heterocycles. The number of aromatic nitrogens is 2. The van der Waals surface area contributed by atoms with Crippen LogP contribution in [-0.2, 0) is 33.7 Å². The van der Waals surface area contributed by atoms with Gasteiger partial charge in [0.15, 0.2) is 0 Å². The molecule has 1 aromatic heterocycles. The van der Waals surface area contributed by atoms with Crippen molar-refractivity contribution in [3.05, 3.63) is 46.0 Å². The molecule has 2 heterocycles. The fraction of sp³-hybridized carbons (Fsp3) is 0.478. The van der Waals surface area contributed by atoms with Crippen LogP contribution in [0.2, 0.25) is 0 Å². The van der Waals surface area contributed by atoms with E-state index in [0.29, 0.717) is 22.9 Å². The molecule has 1 fully saturated rings. The number of rotatable bonds is 7. The van der Waals surface area contributed by atoms with Crippen molar-refractivity contribution >= 4 is 35.0 Å². The van der Waals surface area contributed by atoms with Gasteiger partial charge in [-0.2, -0.15) is 4.98 Å². The molecule has 9 heteroatoms. The van der Waals surface area contributed by atoms with Gasteiger partial charge in [0.1, 0.15) is 5.03 Å². The molecule has 1 atom stereocenters. The number of hydrogen-bond acceptors (Lipinski definition) is 6. The average molecular weight is 457 g/mol. The number of fused-ring (bicyclic) bond motifs is 1. The van der Waals surface area contributed by atoms with Gasteiger partial charge in [0.05, 0.1) is 18.4 Å². The minimum Gasteiger partial charge on any atom is -0.376 e. The largest absolute Gasteiger partial charge is 0.376 e. The van der Waals surface area contributed by atoms with Gasteiger partial charge in [-0.3, -0.25) is 14.2 Å². The molecule has 1 unspecified atom stereocenters. The first-order valence-electron chi connectivity index (χ1n) is 11.0. The highest BCUT2D eigenvalue weighted by Crippen LogP contribution is 2.29. The topological polar surface area (TPSA) is 102 Å². The van der Waals surface area contributed by atoms with Crippen LogP contribution in [-0.4, -0.2) is 39.8 Å². The first-order chi connectivity index (χ1) is 15.5. The molecule has 170 valence electrons. The Labute approximate surface area is 191 Å². The third-order valence-electron chi connectivity index (χ3n) is 5.67. The van der Waals surface area contributed by atoms with E-state index in [1.807, 2.05) is 0 Å². The summed E-state index contributed by atoms with van der Waals surface area (Å²) in [7, 11) is 0. The first-order valence-corrected chi connectivity index (χ1v) is 12.0.